The predicted octanol–water partition coefficient (Wildman–Crippen LogP) is 1.88. The number of fused-ring (bicyclic) bond motifs is 1. The van der Waals surface area contributed by atoms with E-state index in [2.05, 4.69) is 21.2 Å². The molecule has 0 bridgehead atoms. The molecule has 0 aliphatic heterocycles. The van der Waals surface area contributed by atoms with E-state index in [0.717, 1.165) is 24.2 Å². The summed E-state index contributed by atoms with van der Waals surface area (Å²) in [6.45, 7) is 0.174. The number of rotatable bonds is 6. The topological polar surface area (TPSA) is 142 Å². The van der Waals surface area contributed by atoms with Gasteiger partial charge in [-0.15, -0.1) is 6.42 Å². The van der Waals surface area contributed by atoms with E-state index in [0.29, 0.717) is 30.0 Å². The quantitative estimate of drug-likeness (QED) is 0.420. The number of aliphatic carboxylic acids is 2. The third-order valence-corrected chi connectivity index (χ3v) is 4.18. The Morgan fingerprint density at radius 2 is 1.97 bits per heavy atom. The number of H-pyrrole nitrogens is 1. The van der Waals surface area contributed by atoms with E-state index in [1.807, 2.05) is 18.2 Å². The van der Waals surface area contributed by atoms with Crippen LogP contribution in [0.15, 0.2) is 42.7 Å². The minimum absolute atomic E-state index is 0.00277. The van der Waals surface area contributed by atoms with E-state index in [-0.39, 0.29) is 18.4 Å². The summed E-state index contributed by atoms with van der Waals surface area (Å²) in [7, 11) is 0. The van der Waals surface area contributed by atoms with Crippen LogP contribution >= 0.6 is 0 Å². The van der Waals surface area contributed by atoms with Crippen LogP contribution in [0.25, 0.3) is 0 Å². The number of benzene rings is 1. The van der Waals surface area contributed by atoms with Crippen molar-refractivity contribution < 1.29 is 29.3 Å². The standard InChI is InChI=1S/C17H17N3O2.C4H4O4/c1-2-9-22-16-6-4-3-5-14(16)20-17(21)12-7-8-13-15(10-12)19-11-18-13;5-3(6)1-2-4(7)8/h1,3-6,11-12H,7-10H2,(H,18,19)(H,20,21);1-2H,(H,5,6)(H,7,8). The Bertz CT molecular complexity index is 957. The zero-order valence-corrected chi connectivity index (χ0v) is 16.0. The third-order valence-electron chi connectivity index (χ3n) is 4.18. The highest BCUT2D eigenvalue weighted by atomic mass is 16.5. The van der Waals surface area contributed by atoms with Crippen LogP contribution in [0.5, 0.6) is 5.75 Å². The Hall–Kier alpha value is -4.06. The number of hydrogen-bond acceptors (Lipinski definition) is 5. The van der Waals surface area contributed by atoms with Crippen molar-refractivity contribution in [3.05, 3.63) is 54.1 Å². The lowest BCUT2D eigenvalue weighted by atomic mass is 9.89. The van der Waals surface area contributed by atoms with Crippen LogP contribution in [0.3, 0.4) is 0 Å². The van der Waals surface area contributed by atoms with E-state index in [1.165, 1.54) is 0 Å². The lowest BCUT2D eigenvalue weighted by Crippen LogP contribution is -2.28. The van der Waals surface area contributed by atoms with E-state index in [9.17, 15) is 14.4 Å². The van der Waals surface area contributed by atoms with Crippen molar-refractivity contribution >= 4 is 23.5 Å². The molecule has 1 aliphatic rings. The number of anilines is 1. The number of ether oxygens (including phenoxy) is 1. The molecule has 0 radical (unpaired) electrons. The largest absolute Gasteiger partial charge is 0.479 e. The van der Waals surface area contributed by atoms with Crippen LogP contribution in [-0.2, 0) is 27.2 Å². The minimum atomic E-state index is -1.26. The number of para-hydroxylation sites is 2. The fraction of sp³-hybridized carbons (Fsp3) is 0.238. The smallest absolute Gasteiger partial charge is 0.328 e. The van der Waals surface area contributed by atoms with Crippen molar-refractivity contribution in [1.29, 1.82) is 0 Å². The van der Waals surface area contributed by atoms with Crippen LogP contribution in [0.1, 0.15) is 17.8 Å². The summed E-state index contributed by atoms with van der Waals surface area (Å²) in [5.41, 5.74) is 2.78. The first-order valence-electron chi connectivity index (χ1n) is 9.02. The van der Waals surface area contributed by atoms with Crippen molar-refractivity contribution in [2.75, 3.05) is 11.9 Å². The second-order valence-corrected chi connectivity index (χ2v) is 6.26. The molecule has 0 saturated heterocycles. The van der Waals surface area contributed by atoms with Gasteiger partial charge in [0.1, 0.15) is 12.4 Å². The number of carboxylic acids is 2. The lowest BCUT2D eigenvalue weighted by molar-refractivity contribution is -0.134. The number of nitrogens with zero attached hydrogens (tertiary/aromatic N) is 1. The van der Waals surface area contributed by atoms with Gasteiger partial charge in [0, 0.05) is 30.2 Å². The average molecular weight is 411 g/mol. The summed E-state index contributed by atoms with van der Waals surface area (Å²) >= 11 is 0. The third kappa shape index (κ3) is 6.83. The van der Waals surface area contributed by atoms with Gasteiger partial charge in [0.15, 0.2) is 0 Å². The van der Waals surface area contributed by atoms with Gasteiger partial charge in [0.05, 0.1) is 17.7 Å². The molecule has 9 nitrogen and oxygen atoms in total. The molecule has 1 aliphatic carbocycles. The van der Waals surface area contributed by atoms with Gasteiger partial charge < -0.3 is 25.3 Å². The number of nitrogens with one attached hydrogen (secondary N) is 2. The molecule has 4 N–H and O–H groups in total. The molecule has 30 heavy (non-hydrogen) atoms. The summed E-state index contributed by atoms with van der Waals surface area (Å²) in [4.78, 5) is 39.0. The van der Waals surface area contributed by atoms with Gasteiger partial charge in [-0.25, -0.2) is 14.6 Å². The van der Waals surface area contributed by atoms with Crippen molar-refractivity contribution in [2.45, 2.75) is 19.3 Å². The SMILES string of the molecule is C#CCOc1ccccc1NC(=O)C1CCc2nc[nH]c2C1.O=C(O)C=CC(=O)O. The molecule has 0 saturated carbocycles. The Kier molecular flexibility index (Phi) is 8.20. The molecule has 0 fully saturated rings. The molecule has 1 aromatic carbocycles. The van der Waals surface area contributed by atoms with E-state index in [1.54, 1.807) is 12.4 Å². The highest BCUT2D eigenvalue weighted by Gasteiger charge is 2.26. The van der Waals surface area contributed by atoms with Gasteiger partial charge in [-0.1, -0.05) is 18.1 Å². The first-order chi connectivity index (χ1) is 14.4. The van der Waals surface area contributed by atoms with Crippen molar-refractivity contribution in [2.24, 2.45) is 5.92 Å². The first kappa shape index (κ1) is 22.2. The number of aromatic amines is 1. The fourth-order valence-corrected chi connectivity index (χ4v) is 2.82. The maximum atomic E-state index is 12.5. The van der Waals surface area contributed by atoms with Crippen LogP contribution in [0, 0.1) is 18.3 Å². The molecular formula is C21H21N3O6. The first-order valence-corrected chi connectivity index (χ1v) is 9.02. The maximum Gasteiger partial charge on any atom is 0.328 e. The highest BCUT2D eigenvalue weighted by molar-refractivity contribution is 5.94. The van der Waals surface area contributed by atoms with Gasteiger partial charge in [-0.3, -0.25) is 4.79 Å². The molecule has 1 aromatic heterocycles. The van der Waals surface area contributed by atoms with E-state index < -0.39 is 11.9 Å². The summed E-state index contributed by atoms with van der Waals surface area (Å²) < 4.78 is 5.45. The summed E-state index contributed by atoms with van der Waals surface area (Å²) in [5, 5.41) is 18.6. The van der Waals surface area contributed by atoms with Crippen LogP contribution in [-0.4, -0.2) is 44.6 Å². The predicted molar refractivity (Wildman–Crippen MR) is 108 cm³/mol. The van der Waals surface area contributed by atoms with Gasteiger partial charge in [0.2, 0.25) is 5.91 Å². The summed E-state index contributed by atoms with van der Waals surface area (Å²) in [6, 6.07) is 7.31. The van der Waals surface area contributed by atoms with E-state index >= 15 is 0 Å². The number of hydrogen-bond donors (Lipinski definition) is 4. The molecule has 9 heteroatoms. The number of terminal acetylenes is 1. The Labute approximate surface area is 172 Å². The zero-order chi connectivity index (χ0) is 21.9. The van der Waals surface area contributed by atoms with Gasteiger partial charge in [-0.2, -0.15) is 0 Å². The number of amides is 1. The zero-order valence-electron chi connectivity index (χ0n) is 16.0. The summed E-state index contributed by atoms with van der Waals surface area (Å²) in [6.07, 6.45) is 10.3. The number of imidazole rings is 1. The molecular weight excluding hydrogens is 390 g/mol. The summed E-state index contributed by atoms with van der Waals surface area (Å²) in [5.74, 6) is 0.433. The maximum absolute atomic E-state index is 12.5. The van der Waals surface area contributed by atoms with Gasteiger partial charge in [0.25, 0.3) is 0 Å². The fourth-order valence-electron chi connectivity index (χ4n) is 2.82. The molecule has 3 rings (SSSR count). The Morgan fingerprint density at radius 1 is 1.27 bits per heavy atom. The monoisotopic (exact) mass is 411 g/mol. The van der Waals surface area contributed by atoms with Crippen molar-refractivity contribution in [3.63, 3.8) is 0 Å². The number of carbonyl (C=O) groups excluding carboxylic acids is 1. The van der Waals surface area contributed by atoms with Gasteiger partial charge in [-0.05, 0) is 25.0 Å². The molecule has 2 aromatic rings. The van der Waals surface area contributed by atoms with Crippen molar-refractivity contribution in [1.82, 2.24) is 9.97 Å². The second-order valence-electron chi connectivity index (χ2n) is 6.26. The lowest BCUT2D eigenvalue weighted by Gasteiger charge is -2.21. The molecule has 1 amide bonds. The van der Waals surface area contributed by atoms with E-state index in [4.69, 9.17) is 21.4 Å². The average Bonchev–Trinajstić information content (AvgIpc) is 3.20. The Balaban J connectivity index is 0.000000343. The number of carbonyl (C=O) groups is 3. The molecule has 156 valence electrons. The van der Waals surface area contributed by atoms with Crippen LogP contribution in [0.2, 0.25) is 0 Å². The number of aryl methyl sites for hydroxylation is 1. The molecule has 1 heterocycles. The van der Waals surface area contributed by atoms with Gasteiger partial charge >= 0.3 is 11.9 Å². The number of aromatic nitrogens is 2. The highest BCUT2D eigenvalue weighted by Crippen LogP contribution is 2.27. The van der Waals surface area contributed by atoms with Crippen LogP contribution in [0.4, 0.5) is 5.69 Å². The van der Waals surface area contributed by atoms with Crippen LogP contribution < -0.4 is 10.1 Å². The van der Waals surface area contributed by atoms with Crippen molar-refractivity contribution in [3.8, 4) is 18.1 Å². The second kappa shape index (κ2) is 11.1. The normalized spacial score (nSPS) is 14.6. The molecule has 1 unspecified atom stereocenters. The minimum Gasteiger partial charge on any atom is -0.479 e. The number of carboxylic acid groups (broad SMARTS) is 2. The molecule has 1 atom stereocenters. The Morgan fingerprint density at radius 3 is 2.63 bits per heavy atom. The molecule has 0 spiro atoms.